The van der Waals surface area contributed by atoms with Crippen molar-refractivity contribution in [2.75, 3.05) is 13.2 Å². The van der Waals surface area contributed by atoms with Crippen LogP contribution < -0.4 is 5.73 Å². The van der Waals surface area contributed by atoms with Gasteiger partial charge in [0.15, 0.2) is 0 Å². The molecule has 90 valence electrons. The van der Waals surface area contributed by atoms with Crippen LogP contribution in [0.15, 0.2) is 0 Å². The van der Waals surface area contributed by atoms with E-state index in [-0.39, 0.29) is 11.5 Å². The zero-order chi connectivity index (χ0) is 11.5. The number of hydroxylamine groups is 2. The number of nitrogens with zero attached hydrogens (tertiary/aromatic N) is 1. The summed E-state index contributed by atoms with van der Waals surface area (Å²) in [4.78, 5) is 5.74. The normalized spacial score (nSPS) is 23.8. The molecule has 0 aromatic rings. The average molecular weight is 214 g/mol. The fourth-order valence-corrected chi connectivity index (χ4v) is 2.35. The van der Waals surface area contributed by atoms with Gasteiger partial charge in [-0.1, -0.05) is 27.7 Å². The van der Waals surface area contributed by atoms with Crippen LogP contribution in [0, 0.1) is 5.41 Å². The SMILES string of the molecule is CCC(N)C(N1CCCCO1)C(C)(C)C. The van der Waals surface area contributed by atoms with Gasteiger partial charge in [-0.15, -0.1) is 0 Å². The maximum Gasteiger partial charge on any atom is 0.0685 e. The fraction of sp³-hybridized carbons (Fsp3) is 1.00. The first-order valence-corrected chi connectivity index (χ1v) is 6.12. The summed E-state index contributed by atoms with van der Waals surface area (Å²) in [6.45, 7) is 10.7. The van der Waals surface area contributed by atoms with Gasteiger partial charge in [0.1, 0.15) is 0 Å². The minimum atomic E-state index is 0.173. The highest BCUT2D eigenvalue weighted by Crippen LogP contribution is 2.29. The maximum absolute atomic E-state index is 6.21. The van der Waals surface area contributed by atoms with E-state index in [1.54, 1.807) is 0 Å². The number of nitrogens with two attached hydrogens (primary N) is 1. The van der Waals surface area contributed by atoms with Crippen LogP contribution in [0.1, 0.15) is 47.0 Å². The first-order valence-electron chi connectivity index (χ1n) is 6.12. The van der Waals surface area contributed by atoms with Crippen molar-refractivity contribution >= 4 is 0 Å². The molecule has 2 unspecified atom stereocenters. The smallest absolute Gasteiger partial charge is 0.0685 e. The molecular weight excluding hydrogens is 188 g/mol. The van der Waals surface area contributed by atoms with Crippen molar-refractivity contribution in [3.63, 3.8) is 0 Å². The van der Waals surface area contributed by atoms with Crippen LogP contribution in [0.3, 0.4) is 0 Å². The molecule has 0 aromatic carbocycles. The van der Waals surface area contributed by atoms with Crippen molar-refractivity contribution in [1.82, 2.24) is 5.06 Å². The summed E-state index contributed by atoms with van der Waals surface area (Å²) in [6, 6.07) is 0.519. The Bertz CT molecular complexity index is 183. The van der Waals surface area contributed by atoms with E-state index in [1.807, 2.05) is 0 Å². The Morgan fingerprint density at radius 2 is 2.00 bits per heavy atom. The summed E-state index contributed by atoms with van der Waals surface area (Å²) in [5.41, 5.74) is 6.39. The zero-order valence-electron chi connectivity index (χ0n) is 10.6. The third kappa shape index (κ3) is 3.44. The van der Waals surface area contributed by atoms with E-state index in [2.05, 4.69) is 32.8 Å². The topological polar surface area (TPSA) is 38.5 Å². The molecule has 0 bridgehead atoms. The molecule has 1 saturated heterocycles. The standard InChI is InChI=1S/C12H26N2O/c1-5-10(13)11(12(2,3)4)14-8-6-7-9-15-14/h10-11H,5-9,13H2,1-4H3. The molecule has 0 radical (unpaired) electrons. The minimum Gasteiger partial charge on any atom is -0.326 e. The Hall–Kier alpha value is -0.120. The van der Waals surface area contributed by atoms with Crippen LogP contribution >= 0.6 is 0 Å². The predicted octanol–water partition coefficient (Wildman–Crippen LogP) is 2.17. The van der Waals surface area contributed by atoms with Gasteiger partial charge in [-0.05, 0) is 24.7 Å². The van der Waals surface area contributed by atoms with E-state index in [1.165, 1.54) is 12.8 Å². The van der Waals surface area contributed by atoms with Gasteiger partial charge in [0, 0.05) is 12.6 Å². The van der Waals surface area contributed by atoms with Crippen LogP contribution in [0.5, 0.6) is 0 Å². The van der Waals surface area contributed by atoms with Crippen LogP contribution in [-0.2, 0) is 4.84 Å². The van der Waals surface area contributed by atoms with E-state index in [4.69, 9.17) is 10.6 Å². The molecule has 3 heteroatoms. The summed E-state index contributed by atoms with van der Waals surface area (Å²) in [5, 5.41) is 2.12. The molecule has 0 aromatic heterocycles. The van der Waals surface area contributed by atoms with Crippen molar-refractivity contribution in [2.24, 2.45) is 11.1 Å². The molecule has 3 nitrogen and oxygen atoms in total. The molecule has 1 rings (SSSR count). The lowest BCUT2D eigenvalue weighted by Gasteiger charge is -2.43. The van der Waals surface area contributed by atoms with Gasteiger partial charge in [-0.2, -0.15) is 5.06 Å². The predicted molar refractivity (Wildman–Crippen MR) is 63.4 cm³/mol. The number of hydrogen-bond acceptors (Lipinski definition) is 3. The van der Waals surface area contributed by atoms with E-state index in [9.17, 15) is 0 Å². The second-order valence-corrected chi connectivity index (χ2v) is 5.56. The average Bonchev–Trinajstić information content (AvgIpc) is 2.17. The molecule has 1 aliphatic rings. The molecule has 0 saturated carbocycles. The molecule has 1 aliphatic heterocycles. The summed E-state index contributed by atoms with van der Waals surface area (Å²) in [5.74, 6) is 0. The maximum atomic E-state index is 6.21. The van der Waals surface area contributed by atoms with Crippen LogP contribution in [-0.4, -0.2) is 30.3 Å². The zero-order valence-corrected chi connectivity index (χ0v) is 10.6. The summed E-state index contributed by atoms with van der Waals surface area (Å²) in [6.07, 6.45) is 3.40. The monoisotopic (exact) mass is 214 g/mol. The van der Waals surface area contributed by atoms with Gasteiger partial charge in [0.05, 0.1) is 12.6 Å². The molecular formula is C12H26N2O. The van der Waals surface area contributed by atoms with E-state index in [0.717, 1.165) is 19.6 Å². The Kier molecular flexibility index (Phi) is 4.56. The van der Waals surface area contributed by atoms with Gasteiger partial charge in [0.2, 0.25) is 0 Å². The molecule has 1 heterocycles. The van der Waals surface area contributed by atoms with Gasteiger partial charge < -0.3 is 5.73 Å². The lowest BCUT2D eigenvalue weighted by molar-refractivity contribution is -0.228. The van der Waals surface area contributed by atoms with Gasteiger partial charge in [-0.25, -0.2) is 0 Å². The quantitative estimate of drug-likeness (QED) is 0.782. The Balaban J connectivity index is 2.70. The van der Waals surface area contributed by atoms with Crippen LogP contribution in [0.4, 0.5) is 0 Å². The first-order chi connectivity index (χ1) is 6.96. The van der Waals surface area contributed by atoms with Gasteiger partial charge in [0.25, 0.3) is 0 Å². The highest BCUT2D eigenvalue weighted by Gasteiger charge is 2.35. The van der Waals surface area contributed by atoms with Crippen molar-refractivity contribution in [3.8, 4) is 0 Å². The lowest BCUT2D eigenvalue weighted by Crippen LogP contribution is -2.55. The molecule has 0 aliphatic carbocycles. The molecule has 2 N–H and O–H groups in total. The van der Waals surface area contributed by atoms with Crippen molar-refractivity contribution < 1.29 is 4.84 Å². The third-order valence-corrected chi connectivity index (χ3v) is 3.10. The van der Waals surface area contributed by atoms with E-state index in [0.29, 0.717) is 6.04 Å². The molecule has 0 spiro atoms. The largest absolute Gasteiger partial charge is 0.326 e. The van der Waals surface area contributed by atoms with Crippen molar-refractivity contribution in [3.05, 3.63) is 0 Å². The summed E-state index contributed by atoms with van der Waals surface area (Å²) >= 11 is 0. The Labute approximate surface area is 93.9 Å². The fourth-order valence-electron chi connectivity index (χ4n) is 2.35. The first kappa shape index (κ1) is 12.9. The molecule has 1 fully saturated rings. The van der Waals surface area contributed by atoms with Crippen LogP contribution in [0.25, 0.3) is 0 Å². The summed E-state index contributed by atoms with van der Waals surface area (Å²) in [7, 11) is 0. The molecule has 2 atom stereocenters. The lowest BCUT2D eigenvalue weighted by atomic mass is 9.81. The number of rotatable bonds is 3. The van der Waals surface area contributed by atoms with E-state index >= 15 is 0 Å². The van der Waals surface area contributed by atoms with Gasteiger partial charge in [-0.3, -0.25) is 4.84 Å². The highest BCUT2D eigenvalue weighted by molar-refractivity contribution is 4.88. The van der Waals surface area contributed by atoms with Crippen molar-refractivity contribution in [2.45, 2.75) is 59.0 Å². The Morgan fingerprint density at radius 3 is 2.40 bits per heavy atom. The highest BCUT2D eigenvalue weighted by atomic mass is 16.7. The number of hydrogen-bond donors (Lipinski definition) is 1. The molecule has 0 amide bonds. The second kappa shape index (κ2) is 5.28. The van der Waals surface area contributed by atoms with E-state index < -0.39 is 0 Å². The van der Waals surface area contributed by atoms with Crippen LogP contribution in [0.2, 0.25) is 0 Å². The summed E-state index contributed by atoms with van der Waals surface area (Å²) < 4.78 is 0. The van der Waals surface area contributed by atoms with Gasteiger partial charge >= 0.3 is 0 Å². The third-order valence-electron chi connectivity index (χ3n) is 3.10. The minimum absolute atomic E-state index is 0.173. The second-order valence-electron chi connectivity index (χ2n) is 5.56. The molecule has 15 heavy (non-hydrogen) atoms. The van der Waals surface area contributed by atoms with Crippen molar-refractivity contribution in [1.29, 1.82) is 0 Å². The Morgan fingerprint density at radius 1 is 1.33 bits per heavy atom.